The number of esters is 1. The summed E-state index contributed by atoms with van der Waals surface area (Å²) in [6, 6.07) is 5.65. The Morgan fingerprint density at radius 3 is 2.82 bits per heavy atom. The first-order chi connectivity index (χ1) is 18.5. The molecule has 2 unspecified atom stereocenters. The van der Waals surface area contributed by atoms with Crippen LogP contribution >= 0.6 is 11.3 Å². The molecule has 2 aromatic rings. The molecular formula is C28H32N2O7S2. The zero-order chi connectivity index (χ0) is 28.0. The standard InChI is InChI=1S/C28H32N2O7S2/c1-19(31)36-18-22-17-21(22)9-5-4-8-20-11-12-23-24(16-20)38-25(29-23)13-14-28(2,39(3,33)34)27(32)30-37-26-10-6-7-15-35-26/h11-12,16,21-22,26H,6-7,10,13-15,17-18H2,1-3H3,(H,30,32)/t21-,22+,26?,28?/m0/s1. The number of rotatable bonds is 9. The topological polar surface area (TPSA) is 121 Å². The van der Waals surface area contributed by atoms with E-state index in [9.17, 15) is 18.0 Å². The van der Waals surface area contributed by atoms with Gasteiger partial charge in [-0.2, -0.15) is 0 Å². The number of benzene rings is 1. The Labute approximate surface area is 232 Å². The maximum atomic E-state index is 12.9. The molecule has 1 aromatic heterocycles. The number of amides is 1. The number of carbonyl (C=O) groups excluding carboxylic acids is 2. The van der Waals surface area contributed by atoms with Gasteiger partial charge in [-0.1, -0.05) is 11.8 Å². The molecule has 1 aromatic carbocycles. The zero-order valence-corrected chi connectivity index (χ0v) is 23.9. The van der Waals surface area contributed by atoms with Gasteiger partial charge in [0.2, 0.25) is 0 Å². The van der Waals surface area contributed by atoms with Gasteiger partial charge < -0.3 is 9.47 Å². The van der Waals surface area contributed by atoms with Crippen LogP contribution in [0.4, 0.5) is 0 Å². The molecule has 11 heteroatoms. The van der Waals surface area contributed by atoms with Crippen LogP contribution in [0.15, 0.2) is 18.2 Å². The summed E-state index contributed by atoms with van der Waals surface area (Å²) in [4.78, 5) is 33.7. The van der Waals surface area contributed by atoms with Gasteiger partial charge >= 0.3 is 5.97 Å². The summed E-state index contributed by atoms with van der Waals surface area (Å²) in [5.41, 5.74) is 3.88. The second kappa shape index (κ2) is 12.5. The van der Waals surface area contributed by atoms with E-state index in [0.29, 0.717) is 32.0 Å². The van der Waals surface area contributed by atoms with Gasteiger partial charge in [0.15, 0.2) is 16.1 Å². The van der Waals surface area contributed by atoms with Crippen molar-refractivity contribution in [2.24, 2.45) is 11.8 Å². The zero-order valence-electron chi connectivity index (χ0n) is 22.2. The molecular weight excluding hydrogens is 540 g/mol. The van der Waals surface area contributed by atoms with E-state index in [1.807, 2.05) is 18.2 Å². The number of aromatic nitrogens is 1. The van der Waals surface area contributed by atoms with Crippen LogP contribution in [0.1, 0.15) is 56.5 Å². The largest absolute Gasteiger partial charge is 0.466 e. The molecule has 39 heavy (non-hydrogen) atoms. The number of hydrogen-bond acceptors (Lipinski definition) is 9. The Bertz CT molecular complexity index is 1460. The SMILES string of the molecule is CC(=O)OC[C@H]1C[C@@H]1C#CC#Cc1ccc2nc(CCC(C)(C(=O)NOC3CCCCO3)S(C)(=O)=O)sc2c1. The minimum absolute atomic E-state index is 0.0498. The van der Waals surface area contributed by atoms with Crippen molar-refractivity contribution >= 4 is 43.3 Å². The normalized spacial score (nSPS) is 22.0. The van der Waals surface area contributed by atoms with Crippen LogP contribution in [-0.2, 0) is 40.2 Å². The van der Waals surface area contributed by atoms with Crippen molar-refractivity contribution in [3.05, 3.63) is 28.8 Å². The highest BCUT2D eigenvalue weighted by Gasteiger charge is 2.44. The lowest BCUT2D eigenvalue weighted by molar-refractivity contribution is -0.201. The number of sulfone groups is 1. The average Bonchev–Trinajstić information content (AvgIpc) is 3.53. The van der Waals surface area contributed by atoms with Gasteiger partial charge in [0.25, 0.3) is 5.91 Å². The molecule has 0 bridgehead atoms. The molecule has 1 amide bonds. The predicted molar refractivity (Wildman–Crippen MR) is 147 cm³/mol. The fourth-order valence-corrected chi connectivity index (χ4v) is 5.92. The highest BCUT2D eigenvalue weighted by atomic mass is 32.2. The second-order valence-corrected chi connectivity index (χ2v) is 13.6. The molecule has 2 fully saturated rings. The van der Waals surface area contributed by atoms with Gasteiger partial charge in [-0.3, -0.25) is 9.59 Å². The van der Waals surface area contributed by atoms with Crippen molar-refractivity contribution in [1.29, 1.82) is 0 Å². The number of thiazole rings is 1. The third kappa shape index (κ3) is 7.80. The number of aryl methyl sites for hydroxylation is 1. The first-order valence-corrected chi connectivity index (χ1v) is 15.6. The molecule has 0 radical (unpaired) electrons. The summed E-state index contributed by atoms with van der Waals surface area (Å²) in [7, 11) is -3.76. The molecule has 4 rings (SSSR count). The first kappa shape index (κ1) is 29.0. The molecule has 1 aliphatic heterocycles. The van der Waals surface area contributed by atoms with Crippen LogP contribution in [0.3, 0.4) is 0 Å². The van der Waals surface area contributed by atoms with Crippen LogP contribution in [0.25, 0.3) is 10.2 Å². The Kier molecular flexibility index (Phi) is 9.29. The molecule has 9 nitrogen and oxygen atoms in total. The van der Waals surface area contributed by atoms with E-state index in [4.69, 9.17) is 14.3 Å². The maximum Gasteiger partial charge on any atom is 0.302 e. The van der Waals surface area contributed by atoms with E-state index < -0.39 is 26.8 Å². The Morgan fingerprint density at radius 2 is 2.10 bits per heavy atom. The molecule has 2 aliphatic rings. The molecule has 4 atom stereocenters. The van der Waals surface area contributed by atoms with Crippen LogP contribution < -0.4 is 5.48 Å². The smallest absolute Gasteiger partial charge is 0.302 e. The van der Waals surface area contributed by atoms with Crippen molar-refractivity contribution in [1.82, 2.24) is 10.5 Å². The summed E-state index contributed by atoms with van der Waals surface area (Å²) in [5.74, 6) is 11.4. The van der Waals surface area contributed by atoms with E-state index >= 15 is 0 Å². The highest BCUT2D eigenvalue weighted by molar-refractivity contribution is 7.92. The van der Waals surface area contributed by atoms with Gasteiger partial charge in [-0.25, -0.2) is 23.7 Å². The summed E-state index contributed by atoms with van der Waals surface area (Å²) >= 11 is 1.44. The Hall–Kier alpha value is -2.96. The fourth-order valence-electron chi connectivity index (χ4n) is 4.07. The van der Waals surface area contributed by atoms with E-state index in [0.717, 1.165) is 46.3 Å². The number of fused-ring (bicyclic) bond motifs is 1. The van der Waals surface area contributed by atoms with Crippen LogP contribution in [0, 0.1) is 35.5 Å². The van der Waals surface area contributed by atoms with E-state index in [2.05, 4.69) is 34.1 Å². The molecule has 1 N–H and O–H groups in total. The Morgan fingerprint density at radius 1 is 1.28 bits per heavy atom. The van der Waals surface area contributed by atoms with Crippen molar-refractivity contribution in [3.63, 3.8) is 0 Å². The molecule has 1 saturated heterocycles. The van der Waals surface area contributed by atoms with Crippen molar-refractivity contribution in [2.45, 2.75) is 63.4 Å². The second-order valence-electron chi connectivity index (χ2n) is 10.1. The molecule has 2 heterocycles. The van der Waals surface area contributed by atoms with Gasteiger partial charge in [0, 0.05) is 50.0 Å². The third-order valence-electron chi connectivity index (χ3n) is 6.92. The number of hydroxylamine groups is 1. The maximum absolute atomic E-state index is 12.9. The number of carbonyl (C=O) groups is 2. The van der Waals surface area contributed by atoms with Crippen LogP contribution in [0.2, 0.25) is 0 Å². The minimum Gasteiger partial charge on any atom is -0.466 e. The quantitative estimate of drug-likeness (QED) is 0.276. The summed E-state index contributed by atoms with van der Waals surface area (Å²) in [6.07, 6.45) is 4.24. The lowest BCUT2D eigenvalue weighted by Gasteiger charge is -2.28. The number of ether oxygens (including phenoxy) is 2. The number of hydrogen-bond donors (Lipinski definition) is 1. The lowest BCUT2D eigenvalue weighted by Crippen LogP contribution is -2.51. The average molecular weight is 573 g/mol. The van der Waals surface area contributed by atoms with E-state index in [-0.39, 0.29) is 18.3 Å². The van der Waals surface area contributed by atoms with Crippen molar-refractivity contribution < 1.29 is 32.3 Å². The summed E-state index contributed by atoms with van der Waals surface area (Å²) in [6.45, 7) is 3.75. The van der Waals surface area contributed by atoms with E-state index in [1.54, 1.807) is 0 Å². The molecule has 1 saturated carbocycles. The van der Waals surface area contributed by atoms with Gasteiger partial charge in [-0.05, 0) is 62.6 Å². The van der Waals surface area contributed by atoms with Crippen molar-refractivity contribution in [2.75, 3.05) is 19.5 Å². The van der Waals surface area contributed by atoms with Gasteiger partial charge in [0.1, 0.15) is 4.75 Å². The van der Waals surface area contributed by atoms with E-state index in [1.165, 1.54) is 25.2 Å². The van der Waals surface area contributed by atoms with Crippen LogP contribution in [-0.4, -0.2) is 55.8 Å². The van der Waals surface area contributed by atoms with Crippen LogP contribution in [0.5, 0.6) is 0 Å². The first-order valence-electron chi connectivity index (χ1n) is 12.9. The predicted octanol–water partition coefficient (Wildman–Crippen LogP) is 3.16. The Balaban J connectivity index is 1.36. The number of nitrogens with one attached hydrogen (secondary N) is 1. The molecule has 208 valence electrons. The molecule has 0 spiro atoms. The van der Waals surface area contributed by atoms with Gasteiger partial charge in [-0.15, -0.1) is 11.3 Å². The third-order valence-corrected chi connectivity index (χ3v) is 10.0. The summed E-state index contributed by atoms with van der Waals surface area (Å²) in [5, 5.41) is 0.724. The summed E-state index contributed by atoms with van der Waals surface area (Å²) < 4.78 is 34.9. The number of nitrogens with zero attached hydrogens (tertiary/aromatic N) is 1. The fraction of sp³-hybridized carbons (Fsp3) is 0.536. The lowest BCUT2D eigenvalue weighted by atomic mass is 10.0. The van der Waals surface area contributed by atoms with Gasteiger partial charge in [0.05, 0.1) is 21.8 Å². The van der Waals surface area contributed by atoms with Crippen molar-refractivity contribution in [3.8, 4) is 23.7 Å². The molecule has 1 aliphatic carbocycles. The highest BCUT2D eigenvalue weighted by Crippen LogP contribution is 2.37. The minimum atomic E-state index is -3.76. The monoisotopic (exact) mass is 572 g/mol.